The second kappa shape index (κ2) is 4.32. The Morgan fingerprint density at radius 1 is 1.24 bits per heavy atom. The molecule has 2 aromatic rings. The van der Waals surface area contributed by atoms with Crippen LogP contribution in [0.25, 0.3) is 11.0 Å². The van der Waals surface area contributed by atoms with Gasteiger partial charge >= 0.3 is 0 Å². The monoisotopic (exact) mass is 230 g/mol. The number of benzene rings is 1. The average molecular weight is 230 g/mol. The van der Waals surface area contributed by atoms with Crippen LogP contribution in [0.2, 0.25) is 0 Å². The SMILES string of the molecule is CC(C)C(=O)c1ccc2c(c1)ncn2C(C)C. The van der Waals surface area contributed by atoms with Crippen LogP contribution in [0.1, 0.15) is 44.1 Å². The van der Waals surface area contributed by atoms with E-state index in [0.717, 1.165) is 16.6 Å². The molecule has 0 saturated heterocycles. The van der Waals surface area contributed by atoms with Crippen molar-refractivity contribution in [3.8, 4) is 0 Å². The van der Waals surface area contributed by atoms with Crippen molar-refractivity contribution in [1.82, 2.24) is 9.55 Å². The quantitative estimate of drug-likeness (QED) is 0.757. The Hall–Kier alpha value is -1.64. The summed E-state index contributed by atoms with van der Waals surface area (Å²) < 4.78 is 2.11. The van der Waals surface area contributed by atoms with Gasteiger partial charge in [-0.05, 0) is 32.0 Å². The predicted octanol–water partition coefficient (Wildman–Crippen LogP) is 3.46. The molecule has 0 aliphatic heterocycles. The maximum atomic E-state index is 11.9. The molecule has 3 nitrogen and oxygen atoms in total. The molecule has 1 aromatic heterocycles. The highest BCUT2D eigenvalue weighted by Crippen LogP contribution is 2.20. The molecule has 17 heavy (non-hydrogen) atoms. The van der Waals surface area contributed by atoms with Crippen molar-refractivity contribution in [2.24, 2.45) is 5.92 Å². The molecule has 0 aliphatic carbocycles. The highest BCUT2D eigenvalue weighted by atomic mass is 16.1. The second-order valence-electron chi connectivity index (χ2n) is 4.97. The molecule has 0 fully saturated rings. The number of hydrogen-bond acceptors (Lipinski definition) is 2. The van der Waals surface area contributed by atoms with E-state index in [-0.39, 0.29) is 11.7 Å². The van der Waals surface area contributed by atoms with Crippen molar-refractivity contribution >= 4 is 16.8 Å². The van der Waals surface area contributed by atoms with Gasteiger partial charge in [-0.2, -0.15) is 0 Å². The first-order valence-corrected chi connectivity index (χ1v) is 6.01. The summed E-state index contributed by atoms with van der Waals surface area (Å²) in [5.74, 6) is 0.200. The van der Waals surface area contributed by atoms with Gasteiger partial charge in [-0.25, -0.2) is 4.98 Å². The molecule has 0 bridgehead atoms. The lowest BCUT2D eigenvalue weighted by Gasteiger charge is -2.08. The first-order valence-electron chi connectivity index (χ1n) is 6.01. The van der Waals surface area contributed by atoms with Gasteiger partial charge in [0.15, 0.2) is 5.78 Å². The summed E-state index contributed by atoms with van der Waals surface area (Å²) in [6.45, 7) is 8.07. The normalized spacial score (nSPS) is 11.6. The van der Waals surface area contributed by atoms with Crippen molar-refractivity contribution in [2.75, 3.05) is 0 Å². The van der Waals surface area contributed by atoms with E-state index in [4.69, 9.17) is 0 Å². The zero-order chi connectivity index (χ0) is 12.6. The lowest BCUT2D eigenvalue weighted by molar-refractivity contribution is 0.0939. The largest absolute Gasteiger partial charge is 0.328 e. The van der Waals surface area contributed by atoms with Crippen molar-refractivity contribution in [3.63, 3.8) is 0 Å². The number of ketones is 1. The zero-order valence-corrected chi connectivity index (χ0v) is 10.8. The minimum Gasteiger partial charge on any atom is -0.328 e. The highest BCUT2D eigenvalue weighted by Gasteiger charge is 2.12. The molecule has 2 rings (SSSR count). The fourth-order valence-corrected chi connectivity index (χ4v) is 1.93. The van der Waals surface area contributed by atoms with Gasteiger partial charge in [0.2, 0.25) is 0 Å². The molecule has 1 heterocycles. The van der Waals surface area contributed by atoms with Crippen LogP contribution in [-0.2, 0) is 0 Å². The fourth-order valence-electron chi connectivity index (χ4n) is 1.93. The molecule has 3 heteroatoms. The molecule has 0 N–H and O–H groups in total. The summed E-state index contributed by atoms with van der Waals surface area (Å²) >= 11 is 0. The van der Waals surface area contributed by atoms with Gasteiger partial charge in [-0.3, -0.25) is 4.79 Å². The third kappa shape index (κ3) is 2.09. The second-order valence-corrected chi connectivity index (χ2v) is 4.97. The van der Waals surface area contributed by atoms with Crippen LogP contribution in [0.5, 0.6) is 0 Å². The Labute approximate surface area is 101 Å². The van der Waals surface area contributed by atoms with Crippen molar-refractivity contribution in [3.05, 3.63) is 30.1 Å². The van der Waals surface area contributed by atoms with Crippen molar-refractivity contribution in [1.29, 1.82) is 0 Å². The van der Waals surface area contributed by atoms with Gasteiger partial charge in [-0.1, -0.05) is 13.8 Å². The maximum Gasteiger partial charge on any atom is 0.165 e. The Morgan fingerprint density at radius 3 is 2.53 bits per heavy atom. The molecule has 90 valence electrons. The number of aromatic nitrogens is 2. The molecule has 0 aliphatic rings. The Bertz CT molecular complexity index is 552. The van der Waals surface area contributed by atoms with Gasteiger partial charge in [0.25, 0.3) is 0 Å². The number of hydrogen-bond donors (Lipinski definition) is 0. The van der Waals surface area contributed by atoms with Crippen LogP contribution in [0.15, 0.2) is 24.5 Å². The molecule has 0 spiro atoms. The van der Waals surface area contributed by atoms with Gasteiger partial charge in [0.05, 0.1) is 17.4 Å². The number of Topliss-reactive ketones (excluding diaryl/α,β-unsaturated/α-hetero) is 1. The zero-order valence-electron chi connectivity index (χ0n) is 10.8. The van der Waals surface area contributed by atoms with E-state index in [9.17, 15) is 4.79 Å². The number of nitrogens with zero attached hydrogens (tertiary/aromatic N) is 2. The predicted molar refractivity (Wildman–Crippen MR) is 69.3 cm³/mol. The third-order valence-corrected chi connectivity index (χ3v) is 2.94. The molecule has 0 amide bonds. The summed E-state index contributed by atoms with van der Waals surface area (Å²) in [7, 11) is 0. The lowest BCUT2D eigenvalue weighted by atomic mass is 10.0. The minimum atomic E-state index is 0.0274. The summed E-state index contributed by atoms with van der Waals surface area (Å²) in [6.07, 6.45) is 1.83. The molecule has 1 aromatic carbocycles. The van der Waals surface area contributed by atoms with Crippen LogP contribution in [0.4, 0.5) is 0 Å². The molecule has 0 saturated carbocycles. The van der Waals surface area contributed by atoms with E-state index in [1.807, 2.05) is 38.4 Å². The van der Waals surface area contributed by atoms with E-state index in [1.165, 1.54) is 0 Å². The van der Waals surface area contributed by atoms with Gasteiger partial charge < -0.3 is 4.57 Å². The van der Waals surface area contributed by atoms with E-state index >= 15 is 0 Å². The number of carbonyl (C=O) groups is 1. The Balaban J connectivity index is 2.50. The molecule has 0 unspecified atom stereocenters. The van der Waals surface area contributed by atoms with Crippen LogP contribution in [-0.4, -0.2) is 15.3 Å². The summed E-state index contributed by atoms with van der Waals surface area (Å²) in [4.78, 5) is 16.2. The summed E-state index contributed by atoms with van der Waals surface area (Å²) in [6, 6.07) is 6.14. The van der Waals surface area contributed by atoms with E-state index in [1.54, 1.807) is 0 Å². The molecular weight excluding hydrogens is 212 g/mol. The topological polar surface area (TPSA) is 34.9 Å². The van der Waals surface area contributed by atoms with Crippen LogP contribution < -0.4 is 0 Å². The smallest absolute Gasteiger partial charge is 0.165 e. The van der Waals surface area contributed by atoms with Gasteiger partial charge in [0.1, 0.15) is 0 Å². The minimum absolute atomic E-state index is 0.0274. The summed E-state index contributed by atoms with van der Waals surface area (Å²) in [5.41, 5.74) is 2.73. The molecular formula is C14H18N2O. The lowest BCUT2D eigenvalue weighted by Crippen LogP contribution is -2.07. The van der Waals surface area contributed by atoms with Crippen molar-refractivity contribution in [2.45, 2.75) is 33.7 Å². The van der Waals surface area contributed by atoms with Crippen LogP contribution >= 0.6 is 0 Å². The van der Waals surface area contributed by atoms with Crippen LogP contribution in [0, 0.1) is 5.92 Å². The van der Waals surface area contributed by atoms with Crippen LogP contribution in [0.3, 0.4) is 0 Å². The first-order chi connectivity index (χ1) is 8.00. The average Bonchev–Trinajstić information content (AvgIpc) is 2.70. The fraction of sp³-hybridized carbons (Fsp3) is 0.429. The Morgan fingerprint density at radius 2 is 1.94 bits per heavy atom. The molecule has 0 radical (unpaired) electrons. The maximum absolute atomic E-state index is 11.9. The standard InChI is InChI=1S/C14H18N2O/c1-9(2)14(17)11-5-6-13-12(7-11)15-8-16(13)10(3)4/h5-10H,1-4H3. The third-order valence-electron chi connectivity index (χ3n) is 2.94. The number of carbonyl (C=O) groups excluding carboxylic acids is 1. The summed E-state index contributed by atoms with van der Waals surface area (Å²) in [5, 5.41) is 0. The highest BCUT2D eigenvalue weighted by molar-refractivity contribution is 6.00. The van der Waals surface area contributed by atoms with E-state index in [0.29, 0.717) is 6.04 Å². The number of fused-ring (bicyclic) bond motifs is 1. The Kier molecular flexibility index (Phi) is 3.01. The number of imidazole rings is 1. The van der Waals surface area contributed by atoms with Gasteiger partial charge in [-0.15, -0.1) is 0 Å². The van der Waals surface area contributed by atoms with Gasteiger partial charge in [0, 0.05) is 17.5 Å². The number of rotatable bonds is 3. The van der Waals surface area contributed by atoms with E-state index < -0.39 is 0 Å². The molecule has 0 atom stereocenters. The van der Waals surface area contributed by atoms with Crippen molar-refractivity contribution < 1.29 is 4.79 Å². The van der Waals surface area contributed by atoms with E-state index in [2.05, 4.69) is 23.4 Å². The first kappa shape index (κ1) is 11.8.